The van der Waals surface area contributed by atoms with Crippen LogP contribution in [0.2, 0.25) is 0 Å². The van der Waals surface area contributed by atoms with Crippen molar-refractivity contribution in [2.45, 2.75) is 20.0 Å². The smallest absolute Gasteiger partial charge is 0.338 e. The van der Waals surface area contributed by atoms with Gasteiger partial charge in [-0.2, -0.15) is 5.10 Å². The van der Waals surface area contributed by atoms with E-state index in [2.05, 4.69) is 15.5 Å². The van der Waals surface area contributed by atoms with Crippen molar-refractivity contribution in [1.29, 1.82) is 0 Å². The monoisotopic (exact) mass is 441 g/mol. The number of thiazole rings is 1. The van der Waals surface area contributed by atoms with E-state index in [9.17, 15) is 4.79 Å². The number of anilines is 1. The van der Waals surface area contributed by atoms with Gasteiger partial charge in [-0.1, -0.05) is 60.7 Å². The maximum absolute atomic E-state index is 12.2. The summed E-state index contributed by atoms with van der Waals surface area (Å²) in [5, 5.41) is 7.07. The van der Waals surface area contributed by atoms with E-state index in [0.29, 0.717) is 5.56 Å². The SMILES string of the molecule is CC(C)OC(=O)c1cccc(-c2cccc(C=NNc3nc(-c4ccccc4)cs3)c2)c1. The number of nitrogens with zero attached hydrogens (tertiary/aromatic N) is 2. The Kier molecular flexibility index (Phi) is 6.72. The summed E-state index contributed by atoms with van der Waals surface area (Å²) < 4.78 is 5.30. The Balaban J connectivity index is 1.45. The lowest BCUT2D eigenvalue weighted by Crippen LogP contribution is -2.11. The Morgan fingerprint density at radius 1 is 0.969 bits per heavy atom. The number of hydrazone groups is 1. The van der Waals surface area contributed by atoms with Crippen LogP contribution in [0.1, 0.15) is 29.8 Å². The van der Waals surface area contributed by atoms with Gasteiger partial charge in [-0.25, -0.2) is 9.78 Å². The molecule has 3 aromatic carbocycles. The molecule has 0 amide bonds. The molecule has 0 atom stereocenters. The summed E-state index contributed by atoms with van der Waals surface area (Å²) in [7, 11) is 0. The molecule has 1 N–H and O–H groups in total. The van der Waals surface area contributed by atoms with Crippen molar-refractivity contribution in [3.63, 3.8) is 0 Å². The largest absolute Gasteiger partial charge is 0.459 e. The van der Waals surface area contributed by atoms with Gasteiger partial charge >= 0.3 is 5.97 Å². The van der Waals surface area contributed by atoms with Crippen molar-refractivity contribution in [3.8, 4) is 22.4 Å². The number of esters is 1. The summed E-state index contributed by atoms with van der Waals surface area (Å²) in [5.74, 6) is -0.318. The lowest BCUT2D eigenvalue weighted by Gasteiger charge is -2.09. The van der Waals surface area contributed by atoms with Gasteiger partial charge in [-0.15, -0.1) is 11.3 Å². The third-order valence-electron chi connectivity index (χ3n) is 4.61. The van der Waals surface area contributed by atoms with Crippen LogP contribution in [-0.2, 0) is 4.74 Å². The molecule has 0 spiro atoms. The molecule has 0 bridgehead atoms. The topological polar surface area (TPSA) is 63.6 Å². The van der Waals surface area contributed by atoms with Crippen LogP contribution in [0.3, 0.4) is 0 Å². The molecule has 0 radical (unpaired) electrons. The molecular weight excluding hydrogens is 418 g/mol. The number of ether oxygens (including phenoxy) is 1. The molecule has 5 nitrogen and oxygen atoms in total. The molecule has 160 valence electrons. The summed E-state index contributed by atoms with van der Waals surface area (Å²) in [6.07, 6.45) is 1.60. The van der Waals surface area contributed by atoms with Gasteiger partial charge in [0.15, 0.2) is 0 Å². The van der Waals surface area contributed by atoms with Crippen LogP contribution in [-0.4, -0.2) is 23.3 Å². The highest BCUT2D eigenvalue weighted by Crippen LogP contribution is 2.25. The van der Waals surface area contributed by atoms with Crippen LogP contribution in [0.15, 0.2) is 89.3 Å². The highest BCUT2D eigenvalue weighted by molar-refractivity contribution is 7.14. The van der Waals surface area contributed by atoms with E-state index in [1.165, 1.54) is 11.3 Å². The molecule has 0 aliphatic heterocycles. The summed E-state index contributed by atoms with van der Waals surface area (Å²) in [6, 6.07) is 25.5. The molecule has 6 heteroatoms. The number of nitrogens with one attached hydrogen (secondary N) is 1. The Hall–Kier alpha value is -3.77. The molecular formula is C26H23N3O2S. The number of rotatable bonds is 7. The van der Waals surface area contributed by atoms with Gasteiger partial charge in [0.2, 0.25) is 5.13 Å². The zero-order valence-electron chi connectivity index (χ0n) is 17.9. The lowest BCUT2D eigenvalue weighted by molar-refractivity contribution is 0.0378. The first-order valence-electron chi connectivity index (χ1n) is 10.3. The van der Waals surface area contributed by atoms with Crippen LogP contribution in [0.5, 0.6) is 0 Å². The summed E-state index contributed by atoms with van der Waals surface area (Å²) >= 11 is 1.51. The molecule has 1 aromatic heterocycles. The number of carbonyl (C=O) groups is 1. The van der Waals surface area contributed by atoms with Gasteiger partial charge < -0.3 is 4.74 Å². The highest BCUT2D eigenvalue weighted by atomic mass is 32.1. The van der Waals surface area contributed by atoms with Crippen molar-refractivity contribution in [3.05, 3.63) is 95.4 Å². The number of hydrogen-bond donors (Lipinski definition) is 1. The van der Waals surface area contributed by atoms with E-state index in [0.717, 1.165) is 33.1 Å². The lowest BCUT2D eigenvalue weighted by atomic mass is 10.0. The number of carbonyl (C=O) groups excluding carboxylic acids is 1. The second kappa shape index (κ2) is 10.0. The van der Waals surface area contributed by atoms with Crippen molar-refractivity contribution >= 4 is 28.7 Å². The molecule has 4 rings (SSSR count). The molecule has 0 saturated heterocycles. The van der Waals surface area contributed by atoms with Gasteiger partial charge in [0.1, 0.15) is 0 Å². The Morgan fingerprint density at radius 3 is 2.47 bits per heavy atom. The van der Waals surface area contributed by atoms with Crippen molar-refractivity contribution in [1.82, 2.24) is 4.98 Å². The third-order valence-corrected chi connectivity index (χ3v) is 5.36. The minimum atomic E-state index is -0.318. The Labute approximate surface area is 191 Å². The fourth-order valence-electron chi connectivity index (χ4n) is 3.14. The number of aromatic nitrogens is 1. The second-order valence-electron chi connectivity index (χ2n) is 7.43. The van der Waals surface area contributed by atoms with Gasteiger partial charge in [0.25, 0.3) is 0 Å². The molecule has 0 aliphatic rings. The minimum absolute atomic E-state index is 0.153. The highest BCUT2D eigenvalue weighted by Gasteiger charge is 2.10. The van der Waals surface area contributed by atoms with Gasteiger partial charge in [0.05, 0.1) is 23.6 Å². The van der Waals surface area contributed by atoms with Gasteiger partial charge in [-0.3, -0.25) is 5.43 Å². The molecule has 0 saturated carbocycles. The van der Waals surface area contributed by atoms with Crippen molar-refractivity contribution < 1.29 is 9.53 Å². The first kappa shape index (κ1) is 21.5. The normalized spacial score (nSPS) is 11.1. The minimum Gasteiger partial charge on any atom is -0.459 e. The molecule has 1 heterocycles. The number of hydrogen-bond acceptors (Lipinski definition) is 6. The fraction of sp³-hybridized carbons (Fsp3) is 0.115. The van der Waals surface area contributed by atoms with E-state index in [1.807, 2.05) is 92.0 Å². The van der Waals surface area contributed by atoms with Crippen LogP contribution in [0, 0.1) is 0 Å². The predicted octanol–water partition coefficient (Wildman–Crippen LogP) is 6.49. The van der Waals surface area contributed by atoms with Crippen LogP contribution < -0.4 is 5.43 Å². The third kappa shape index (κ3) is 5.47. The summed E-state index contributed by atoms with van der Waals surface area (Å²) in [6.45, 7) is 3.68. The van der Waals surface area contributed by atoms with Crippen LogP contribution >= 0.6 is 11.3 Å². The summed E-state index contributed by atoms with van der Waals surface area (Å²) in [5.41, 5.74) is 8.41. The molecule has 32 heavy (non-hydrogen) atoms. The summed E-state index contributed by atoms with van der Waals surface area (Å²) in [4.78, 5) is 16.8. The molecule has 0 unspecified atom stereocenters. The van der Waals surface area contributed by atoms with E-state index in [1.54, 1.807) is 12.3 Å². The zero-order valence-corrected chi connectivity index (χ0v) is 18.7. The van der Waals surface area contributed by atoms with E-state index >= 15 is 0 Å². The standard InChI is InChI=1S/C26H23N3O2S/c1-18(2)31-25(30)23-13-7-12-22(15-23)21-11-6-8-19(14-21)16-27-29-26-28-24(17-32-26)20-9-4-3-5-10-20/h3-18H,1-2H3,(H,28,29). The maximum Gasteiger partial charge on any atom is 0.338 e. The molecule has 0 fully saturated rings. The zero-order chi connectivity index (χ0) is 22.3. The van der Waals surface area contributed by atoms with E-state index in [-0.39, 0.29) is 12.1 Å². The van der Waals surface area contributed by atoms with E-state index in [4.69, 9.17) is 4.74 Å². The van der Waals surface area contributed by atoms with Crippen LogP contribution in [0.4, 0.5) is 5.13 Å². The van der Waals surface area contributed by atoms with Gasteiger partial charge in [-0.05, 0) is 48.7 Å². The second-order valence-corrected chi connectivity index (χ2v) is 8.29. The first-order valence-corrected chi connectivity index (χ1v) is 11.2. The maximum atomic E-state index is 12.2. The fourth-order valence-corrected chi connectivity index (χ4v) is 3.80. The average molecular weight is 442 g/mol. The average Bonchev–Trinajstić information content (AvgIpc) is 3.28. The Morgan fingerprint density at radius 2 is 1.69 bits per heavy atom. The predicted molar refractivity (Wildman–Crippen MR) is 131 cm³/mol. The molecule has 0 aliphatic carbocycles. The van der Waals surface area contributed by atoms with Crippen molar-refractivity contribution in [2.24, 2.45) is 5.10 Å². The Bertz CT molecular complexity index is 1230. The van der Waals surface area contributed by atoms with Gasteiger partial charge in [0, 0.05) is 10.9 Å². The van der Waals surface area contributed by atoms with Crippen molar-refractivity contribution in [2.75, 3.05) is 5.43 Å². The molecule has 4 aromatic rings. The quantitative estimate of drug-likeness (QED) is 0.202. The number of benzene rings is 3. The van der Waals surface area contributed by atoms with E-state index < -0.39 is 0 Å². The van der Waals surface area contributed by atoms with Crippen LogP contribution in [0.25, 0.3) is 22.4 Å². The first-order chi connectivity index (χ1) is 15.6.